The number of thiophene rings is 1. The van der Waals surface area contributed by atoms with Crippen LogP contribution in [0, 0.1) is 6.92 Å². The Morgan fingerprint density at radius 1 is 1.35 bits per heavy atom. The summed E-state index contributed by atoms with van der Waals surface area (Å²) in [6, 6.07) is 8.53. The zero-order chi connectivity index (χ0) is 21.7. The number of anilines is 1. The molecule has 0 bridgehead atoms. The second-order valence-electron chi connectivity index (χ2n) is 7.86. The molecular formula is C23H23N5O2S. The molecule has 4 heterocycles. The molecule has 5 rings (SSSR count). The van der Waals surface area contributed by atoms with Gasteiger partial charge in [0, 0.05) is 35.1 Å². The first-order chi connectivity index (χ1) is 15.0. The first-order valence-corrected chi connectivity index (χ1v) is 10.9. The molecule has 0 spiro atoms. The number of benzene rings is 1. The fraction of sp³-hybridized carbons (Fsp3) is 0.261. The van der Waals surface area contributed by atoms with E-state index in [2.05, 4.69) is 41.8 Å². The first-order valence-electron chi connectivity index (χ1n) is 10.1. The van der Waals surface area contributed by atoms with Gasteiger partial charge in [0.25, 0.3) is 0 Å². The van der Waals surface area contributed by atoms with Crippen LogP contribution in [-0.2, 0) is 4.79 Å². The van der Waals surface area contributed by atoms with E-state index in [1.807, 2.05) is 15.5 Å². The number of rotatable bonds is 4. The van der Waals surface area contributed by atoms with Crippen LogP contribution >= 0.6 is 11.3 Å². The number of nitrogens with zero attached hydrogens (tertiary/aromatic N) is 4. The molecule has 31 heavy (non-hydrogen) atoms. The van der Waals surface area contributed by atoms with E-state index in [-0.39, 0.29) is 11.8 Å². The molecule has 1 aliphatic rings. The minimum Gasteiger partial charge on any atom is -0.495 e. The number of aromatic nitrogens is 3. The average Bonchev–Trinajstić information content (AvgIpc) is 3.48. The number of ether oxygens (including phenoxy) is 1. The van der Waals surface area contributed by atoms with Crippen molar-refractivity contribution in [3.8, 4) is 16.2 Å². The molecule has 0 aliphatic carbocycles. The second-order valence-corrected chi connectivity index (χ2v) is 8.91. The topological polar surface area (TPSA) is 85.8 Å². The molecule has 7 nitrogen and oxygen atoms in total. The SMILES string of the molecule is C=CC(=O)N1CC[C@@H](c2cc(-c3cc4cc(C)cc(OC)c4s3)c3c(N)ncnn23)C1. The Morgan fingerprint density at radius 3 is 2.97 bits per heavy atom. The van der Waals surface area contributed by atoms with Gasteiger partial charge in [0.1, 0.15) is 17.6 Å². The van der Waals surface area contributed by atoms with Gasteiger partial charge in [-0.3, -0.25) is 4.79 Å². The Bertz CT molecular complexity index is 1340. The summed E-state index contributed by atoms with van der Waals surface area (Å²) in [4.78, 5) is 19.2. The monoisotopic (exact) mass is 433 g/mol. The third kappa shape index (κ3) is 3.14. The lowest BCUT2D eigenvalue weighted by Crippen LogP contribution is -2.26. The number of nitrogens with two attached hydrogens (primary N) is 1. The Balaban J connectivity index is 1.66. The lowest BCUT2D eigenvalue weighted by molar-refractivity contribution is -0.125. The molecule has 1 aromatic carbocycles. The van der Waals surface area contributed by atoms with Crippen molar-refractivity contribution in [1.82, 2.24) is 19.5 Å². The highest BCUT2D eigenvalue weighted by Gasteiger charge is 2.30. The molecule has 1 atom stereocenters. The zero-order valence-electron chi connectivity index (χ0n) is 17.5. The van der Waals surface area contributed by atoms with Gasteiger partial charge in [-0.2, -0.15) is 5.10 Å². The van der Waals surface area contributed by atoms with Gasteiger partial charge in [-0.15, -0.1) is 11.3 Å². The van der Waals surface area contributed by atoms with Gasteiger partial charge in [0.2, 0.25) is 5.91 Å². The summed E-state index contributed by atoms with van der Waals surface area (Å²) in [5.41, 5.74) is 10.3. The summed E-state index contributed by atoms with van der Waals surface area (Å²) in [6.07, 6.45) is 3.72. The molecule has 1 saturated heterocycles. The lowest BCUT2D eigenvalue weighted by Gasteiger charge is -2.14. The summed E-state index contributed by atoms with van der Waals surface area (Å²) < 4.78 is 8.60. The van der Waals surface area contributed by atoms with Gasteiger partial charge in [-0.1, -0.05) is 12.6 Å². The molecule has 1 amide bonds. The minimum absolute atomic E-state index is 0.0373. The van der Waals surface area contributed by atoms with E-state index in [1.165, 1.54) is 12.4 Å². The average molecular weight is 434 g/mol. The van der Waals surface area contributed by atoms with Crippen LogP contribution in [0.2, 0.25) is 0 Å². The van der Waals surface area contributed by atoms with Gasteiger partial charge in [0.15, 0.2) is 5.82 Å². The van der Waals surface area contributed by atoms with Gasteiger partial charge in [0.05, 0.1) is 11.8 Å². The third-order valence-corrected chi connectivity index (χ3v) is 7.11. The summed E-state index contributed by atoms with van der Waals surface area (Å²) >= 11 is 1.67. The number of amides is 1. The summed E-state index contributed by atoms with van der Waals surface area (Å²) in [5.74, 6) is 1.44. The van der Waals surface area contributed by atoms with Gasteiger partial charge in [-0.25, -0.2) is 9.50 Å². The molecule has 0 saturated carbocycles. The van der Waals surface area contributed by atoms with Crippen LogP contribution in [0.4, 0.5) is 5.82 Å². The van der Waals surface area contributed by atoms with E-state index in [4.69, 9.17) is 10.5 Å². The molecule has 3 aromatic heterocycles. The minimum atomic E-state index is -0.0373. The Kier molecular flexibility index (Phi) is 4.66. The first kappa shape index (κ1) is 19.6. The van der Waals surface area contributed by atoms with E-state index in [1.54, 1.807) is 18.4 Å². The number of fused-ring (bicyclic) bond motifs is 2. The number of hydrogen-bond acceptors (Lipinski definition) is 6. The molecule has 158 valence electrons. The maximum absolute atomic E-state index is 12.1. The van der Waals surface area contributed by atoms with Crippen molar-refractivity contribution in [2.24, 2.45) is 0 Å². The zero-order valence-corrected chi connectivity index (χ0v) is 18.3. The van der Waals surface area contributed by atoms with Crippen LogP contribution in [0.1, 0.15) is 23.6 Å². The Hall–Kier alpha value is -3.39. The van der Waals surface area contributed by atoms with Gasteiger partial charge >= 0.3 is 0 Å². The quantitative estimate of drug-likeness (QED) is 0.492. The highest BCUT2D eigenvalue weighted by molar-refractivity contribution is 7.22. The molecule has 1 fully saturated rings. The summed E-state index contributed by atoms with van der Waals surface area (Å²) in [6.45, 7) is 7.01. The summed E-state index contributed by atoms with van der Waals surface area (Å²) in [7, 11) is 1.70. The number of hydrogen-bond donors (Lipinski definition) is 1. The van der Waals surface area contributed by atoms with Gasteiger partial charge in [-0.05, 0) is 48.6 Å². The van der Waals surface area contributed by atoms with E-state index in [9.17, 15) is 4.79 Å². The Morgan fingerprint density at radius 2 is 2.19 bits per heavy atom. The normalized spacial score (nSPS) is 16.3. The molecule has 4 aromatic rings. The molecule has 8 heteroatoms. The van der Waals surface area contributed by atoms with E-state index < -0.39 is 0 Å². The number of likely N-dealkylation sites (tertiary alicyclic amines) is 1. The van der Waals surface area contributed by atoms with Gasteiger partial charge < -0.3 is 15.4 Å². The van der Waals surface area contributed by atoms with Crippen molar-refractivity contribution in [2.75, 3.05) is 25.9 Å². The number of aryl methyl sites for hydroxylation is 1. The van der Waals surface area contributed by atoms with Crippen LogP contribution in [0.3, 0.4) is 0 Å². The fourth-order valence-corrected chi connectivity index (χ4v) is 5.60. The highest BCUT2D eigenvalue weighted by atomic mass is 32.1. The smallest absolute Gasteiger partial charge is 0.245 e. The molecule has 0 unspecified atom stereocenters. The standard InChI is InChI=1S/C23H23N5O2S/c1-4-20(29)27-6-5-14(11-27)17-10-16(21-23(24)25-12-26-28(17)21)19-9-15-7-13(2)8-18(30-3)22(15)31-19/h4,7-10,12,14H,1,5-6,11H2,2-3H3,(H2,24,25,26)/t14-/m1/s1. The fourth-order valence-electron chi connectivity index (χ4n) is 4.45. The maximum Gasteiger partial charge on any atom is 0.245 e. The van der Waals surface area contributed by atoms with Crippen molar-refractivity contribution in [3.63, 3.8) is 0 Å². The largest absolute Gasteiger partial charge is 0.495 e. The predicted octanol–water partition coefficient (Wildman–Crippen LogP) is 4.01. The van der Waals surface area contributed by atoms with E-state index in [0.717, 1.165) is 49.5 Å². The molecule has 0 radical (unpaired) electrons. The van der Waals surface area contributed by atoms with Crippen molar-refractivity contribution in [1.29, 1.82) is 0 Å². The van der Waals surface area contributed by atoms with Crippen molar-refractivity contribution >= 4 is 38.7 Å². The molecule has 1 aliphatic heterocycles. The predicted molar refractivity (Wildman–Crippen MR) is 124 cm³/mol. The lowest BCUT2D eigenvalue weighted by atomic mass is 10.0. The molecule has 2 N–H and O–H groups in total. The number of carbonyl (C=O) groups is 1. The van der Waals surface area contributed by atoms with E-state index in [0.29, 0.717) is 18.9 Å². The van der Waals surface area contributed by atoms with Crippen molar-refractivity contribution < 1.29 is 9.53 Å². The summed E-state index contributed by atoms with van der Waals surface area (Å²) in [5, 5.41) is 5.64. The number of methoxy groups -OCH3 is 1. The number of carbonyl (C=O) groups excluding carboxylic acids is 1. The maximum atomic E-state index is 12.1. The van der Waals surface area contributed by atoms with Crippen molar-refractivity contribution in [3.05, 3.63) is 54.5 Å². The van der Waals surface area contributed by atoms with E-state index >= 15 is 0 Å². The highest BCUT2D eigenvalue weighted by Crippen LogP contribution is 2.43. The third-order valence-electron chi connectivity index (χ3n) is 5.91. The second kappa shape index (κ2) is 7.39. The van der Waals surface area contributed by atoms with Crippen LogP contribution in [-0.4, -0.2) is 45.6 Å². The molecular weight excluding hydrogens is 410 g/mol. The van der Waals surface area contributed by atoms with Crippen molar-refractivity contribution in [2.45, 2.75) is 19.3 Å². The number of nitrogen functional groups attached to an aromatic ring is 1. The van der Waals surface area contributed by atoms with Crippen LogP contribution in [0.25, 0.3) is 26.0 Å². The van der Waals surface area contributed by atoms with Crippen LogP contribution in [0.15, 0.2) is 43.2 Å². The Labute approximate surface area is 183 Å². The van der Waals surface area contributed by atoms with Crippen LogP contribution in [0.5, 0.6) is 5.75 Å². The van der Waals surface area contributed by atoms with Crippen LogP contribution < -0.4 is 10.5 Å².